The molecule has 11 nitrogen and oxygen atoms in total. The Balaban J connectivity index is 1.72. The maximum atomic E-state index is 14.5. The Labute approximate surface area is 278 Å². The highest BCUT2D eigenvalue weighted by molar-refractivity contribution is 6.46. The Morgan fingerprint density at radius 2 is 1.79 bits per heavy atom. The van der Waals surface area contributed by atoms with Crippen LogP contribution in [0.25, 0.3) is 0 Å². The number of ketones is 1. The predicted molar refractivity (Wildman–Crippen MR) is 181 cm³/mol. The summed E-state index contributed by atoms with van der Waals surface area (Å²) in [6.45, 7) is 11.7. The highest BCUT2D eigenvalue weighted by atomic mass is 16.6. The van der Waals surface area contributed by atoms with E-state index in [4.69, 9.17) is 29.2 Å². The van der Waals surface area contributed by atoms with Crippen LogP contribution in [0.3, 0.4) is 0 Å². The van der Waals surface area contributed by atoms with Crippen LogP contribution in [-0.4, -0.2) is 66.9 Å². The van der Waals surface area contributed by atoms with E-state index in [2.05, 4.69) is 11.9 Å². The first-order chi connectivity index (χ1) is 23.0. The van der Waals surface area contributed by atoms with Gasteiger partial charge in [-0.25, -0.2) is 19.8 Å². The highest BCUT2D eigenvalue weighted by Crippen LogP contribution is 2.50. The second kappa shape index (κ2) is 12.1. The number of nitrogens with zero attached hydrogens (tertiary/aromatic N) is 3. The van der Waals surface area contributed by atoms with Crippen molar-refractivity contribution in [3.05, 3.63) is 105 Å². The van der Waals surface area contributed by atoms with Crippen molar-refractivity contribution in [2.45, 2.75) is 52.6 Å². The number of hydrogen-bond donors (Lipinski definition) is 2. The van der Waals surface area contributed by atoms with E-state index in [1.54, 1.807) is 19.1 Å². The first-order valence-electron chi connectivity index (χ1n) is 15.8. The van der Waals surface area contributed by atoms with E-state index in [0.29, 0.717) is 63.9 Å². The highest BCUT2D eigenvalue weighted by Gasteiger charge is 2.63. The van der Waals surface area contributed by atoms with Gasteiger partial charge in [-0.15, -0.1) is 0 Å². The molecule has 2 fully saturated rings. The van der Waals surface area contributed by atoms with Gasteiger partial charge in [0.1, 0.15) is 0 Å². The summed E-state index contributed by atoms with van der Waals surface area (Å²) >= 11 is 0. The fourth-order valence-corrected chi connectivity index (χ4v) is 7.38. The average Bonchev–Trinajstić information content (AvgIpc) is 3.82. The van der Waals surface area contributed by atoms with Gasteiger partial charge in [-0.1, -0.05) is 26.5 Å². The van der Waals surface area contributed by atoms with Crippen molar-refractivity contribution < 1.29 is 33.7 Å². The summed E-state index contributed by atoms with van der Waals surface area (Å²) in [5.74, 6) is -2.42. The summed E-state index contributed by atoms with van der Waals surface area (Å²) in [6.07, 6.45) is 9.37. The van der Waals surface area contributed by atoms with Crippen LogP contribution in [0.1, 0.15) is 47.0 Å². The third-order valence-electron chi connectivity index (χ3n) is 10.0. The van der Waals surface area contributed by atoms with Crippen LogP contribution in [0.5, 0.6) is 0 Å². The number of fused-ring (bicyclic) bond motifs is 5. The number of aliphatic imine (C=N–C) groups is 3. The lowest BCUT2D eigenvalue weighted by molar-refractivity contribution is -0.164. The number of aliphatic hydroxyl groups is 1. The van der Waals surface area contributed by atoms with Crippen LogP contribution in [0.4, 0.5) is 0 Å². The zero-order valence-electron chi connectivity index (χ0n) is 28.1. The summed E-state index contributed by atoms with van der Waals surface area (Å²) in [6, 6.07) is 0. The molecule has 248 valence electrons. The normalized spacial score (nSPS) is 26.8. The molecular formula is C37H38N4O7. The fraction of sp³-hybridized carbons (Fsp3) is 0.351. The van der Waals surface area contributed by atoms with E-state index >= 15 is 0 Å². The minimum atomic E-state index is -2.13. The van der Waals surface area contributed by atoms with Gasteiger partial charge in [-0.05, 0) is 61.6 Å². The van der Waals surface area contributed by atoms with Crippen molar-refractivity contribution in [2.75, 3.05) is 21.3 Å². The average molecular weight is 651 g/mol. The van der Waals surface area contributed by atoms with Crippen molar-refractivity contribution in [1.82, 2.24) is 5.32 Å². The van der Waals surface area contributed by atoms with Crippen LogP contribution < -0.4 is 5.32 Å². The van der Waals surface area contributed by atoms with Crippen molar-refractivity contribution in [3.63, 3.8) is 0 Å². The first-order valence-corrected chi connectivity index (χ1v) is 15.8. The number of Topliss-reactive ketones (excluding diaryl/α,β-unsaturated/α-hetero) is 1. The van der Waals surface area contributed by atoms with Gasteiger partial charge in [-0.2, -0.15) is 0 Å². The van der Waals surface area contributed by atoms with E-state index in [0.717, 1.165) is 28.7 Å². The molecule has 1 aliphatic carbocycles. The molecule has 0 amide bonds. The monoisotopic (exact) mass is 650 g/mol. The minimum absolute atomic E-state index is 0.102. The van der Waals surface area contributed by atoms with Crippen LogP contribution in [0.2, 0.25) is 0 Å². The third kappa shape index (κ3) is 4.59. The van der Waals surface area contributed by atoms with Crippen LogP contribution in [0, 0.1) is 11.8 Å². The number of nitrogens with one attached hydrogen (secondary N) is 1. The van der Waals surface area contributed by atoms with Crippen LogP contribution in [0.15, 0.2) is 120 Å². The Bertz CT molecular complexity index is 1960. The SMILES string of the molecule is C=CC1=C(C)C2=NC1=CC1=NC(=C(CC)C1=CO)C=C1N=C3C(=C1C)C(=O)[C@](OC)(C(=O)OC)C3=C1NC(=C2)[C@H](C)[C@H]1CCC(=O)OC. The van der Waals surface area contributed by atoms with Crippen molar-refractivity contribution in [3.8, 4) is 0 Å². The lowest BCUT2D eigenvalue weighted by Crippen LogP contribution is -2.49. The molecule has 0 aromatic heterocycles. The number of hydrogen-bond acceptors (Lipinski definition) is 11. The molecule has 0 radical (unpaired) electrons. The molecule has 0 aromatic rings. The summed E-state index contributed by atoms with van der Waals surface area (Å²) in [4.78, 5) is 55.4. The van der Waals surface area contributed by atoms with Crippen molar-refractivity contribution >= 4 is 34.9 Å². The van der Waals surface area contributed by atoms with Crippen LogP contribution >= 0.6 is 0 Å². The summed E-state index contributed by atoms with van der Waals surface area (Å²) in [5, 5.41) is 13.9. The molecule has 48 heavy (non-hydrogen) atoms. The van der Waals surface area contributed by atoms with Crippen molar-refractivity contribution in [1.29, 1.82) is 0 Å². The second-order valence-electron chi connectivity index (χ2n) is 12.2. The standard InChI is InChI=1S/C37H38N4O7/c1-9-20-17(3)24-13-25-18(4)22(11-12-30(43)46-6)33(40-25)32-34-31(35(44)37(32,48-8)36(45)47-7)19(5)26(41-34)14-28-21(10-2)23(16-42)29(39-28)15-27(20)38-24/h9,13-16,18,22,40,42H,1,10-12H2,2-8H3/t18-,22-,37+/m1/s1. The topological polar surface area (TPSA) is 148 Å². The van der Waals surface area contributed by atoms with Gasteiger partial charge in [0.25, 0.3) is 5.60 Å². The molecule has 6 aliphatic rings. The lowest BCUT2D eigenvalue weighted by atomic mass is 9.83. The number of ether oxygens (including phenoxy) is 3. The van der Waals surface area contributed by atoms with E-state index in [1.807, 2.05) is 32.9 Å². The Kier molecular flexibility index (Phi) is 8.28. The zero-order valence-corrected chi connectivity index (χ0v) is 28.1. The van der Waals surface area contributed by atoms with Gasteiger partial charge in [0.2, 0.25) is 5.78 Å². The molecule has 1 saturated carbocycles. The largest absolute Gasteiger partial charge is 0.515 e. The molecule has 0 unspecified atom stereocenters. The van der Waals surface area contributed by atoms with Gasteiger partial charge >= 0.3 is 11.9 Å². The van der Waals surface area contributed by atoms with E-state index in [9.17, 15) is 19.5 Å². The minimum Gasteiger partial charge on any atom is -0.515 e. The summed E-state index contributed by atoms with van der Waals surface area (Å²) < 4.78 is 16.1. The molecule has 6 rings (SSSR count). The maximum Gasteiger partial charge on any atom is 0.351 e. The molecule has 11 heteroatoms. The van der Waals surface area contributed by atoms with Gasteiger partial charge in [-0.3, -0.25) is 9.59 Å². The molecule has 0 spiro atoms. The number of aliphatic hydroxyl groups excluding tert-OH is 1. The number of allylic oxidation sites excluding steroid dienone is 10. The Morgan fingerprint density at radius 3 is 2.42 bits per heavy atom. The van der Waals surface area contributed by atoms with Gasteiger partial charge in [0, 0.05) is 53.5 Å². The van der Waals surface area contributed by atoms with E-state index < -0.39 is 17.4 Å². The molecule has 2 N–H and O–H groups in total. The van der Waals surface area contributed by atoms with Gasteiger partial charge in [0.05, 0.1) is 60.3 Å². The predicted octanol–water partition coefficient (Wildman–Crippen LogP) is 5.14. The fourth-order valence-electron chi connectivity index (χ4n) is 7.38. The lowest BCUT2D eigenvalue weighted by Gasteiger charge is -2.27. The third-order valence-corrected chi connectivity index (χ3v) is 10.0. The number of carbonyl (C=O) groups excluding carboxylic acids is 3. The second-order valence-corrected chi connectivity index (χ2v) is 12.2. The zero-order chi connectivity index (χ0) is 34.7. The molecule has 1 saturated heterocycles. The molecule has 0 aromatic carbocycles. The number of rotatable bonds is 7. The smallest absolute Gasteiger partial charge is 0.351 e. The molecule has 5 heterocycles. The van der Waals surface area contributed by atoms with Crippen LogP contribution in [-0.2, 0) is 28.6 Å². The number of methoxy groups -OCH3 is 3. The first kappa shape index (κ1) is 32.8. The summed E-state index contributed by atoms with van der Waals surface area (Å²) in [7, 11) is 3.85. The number of carbonyl (C=O) groups is 3. The van der Waals surface area contributed by atoms with E-state index in [-0.39, 0.29) is 35.4 Å². The van der Waals surface area contributed by atoms with Gasteiger partial charge in [0.15, 0.2) is 0 Å². The number of esters is 2. The van der Waals surface area contributed by atoms with E-state index in [1.165, 1.54) is 21.3 Å². The molecule has 8 bridgehead atoms. The quantitative estimate of drug-likeness (QED) is 0.219. The summed E-state index contributed by atoms with van der Waals surface area (Å²) in [5.41, 5.74) is 6.49. The Hall–Kier alpha value is -5.16. The molecule has 5 aliphatic heterocycles. The van der Waals surface area contributed by atoms with Crippen molar-refractivity contribution in [2.24, 2.45) is 26.8 Å². The maximum absolute atomic E-state index is 14.5. The molecular weight excluding hydrogens is 612 g/mol. The Morgan fingerprint density at radius 1 is 1.04 bits per heavy atom. The molecule has 3 atom stereocenters. The van der Waals surface area contributed by atoms with Gasteiger partial charge < -0.3 is 24.6 Å².